The summed E-state index contributed by atoms with van der Waals surface area (Å²) in [6.07, 6.45) is 1.55. The van der Waals surface area contributed by atoms with Crippen LogP contribution in [-0.4, -0.2) is 11.2 Å². The summed E-state index contributed by atoms with van der Waals surface area (Å²) < 4.78 is 12.1. The quantitative estimate of drug-likeness (QED) is 0.646. The summed E-state index contributed by atoms with van der Waals surface area (Å²) in [4.78, 5) is 23.9. The zero-order valence-electron chi connectivity index (χ0n) is 14.5. The number of fused-ring (bicyclic) bond motifs is 1. The molecule has 0 aliphatic rings. The highest BCUT2D eigenvalue weighted by atomic mass is 16.5. The second-order valence-corrected chi connectivity index (χ2v) is 6.15. The molecule has 5 heteroatoms. The highest BCUT2D eigenvalue weighted by molar-refractivity contribution is 5.78. The van der Waals surface area contributed by atoms with Gasteiger partial charge in [-0.15, -0.1) is 0 Å². The molecule has 1 aromatic heterocycles. The Bertz CT molecular complexity index is 1000. The summed E-state index contributed by atoms with van der Waals surface area (Å²) in [5.41, 5.74) is 2.09. The predicted molar refractivity (Wildman–Crippen MR) is 97.4 cm³/mol. The lowest BCUT2D eigenvalue weighted by atomic mass is 10.1. The molecule has 25 heavy (non-hydrogen) atoms. The second kappa shape index (κ2) is 7.38. The molecule has 0 saturated heterocycles. The van der Waals surface area contributed by atoms with Gasteiger partial charge in [0.05, 0.1) is 17.5 Å². The van der Waals surface area contributed by atoms with Gasteiger partial charge in [0.1, 0.15) is 5.75 Å². The van der Waals surface area contributed by atoms with Crippen LogP contribution in [0, 0.1) is 13.8 Å². The molecule has 0 aliphatic heterocycles. The maximum absolute atomic E-state index is 12.0. The van der Waals surface area contributed by atoms with Crippen molar-refractivity contribution in [3.05, 3.63) is 74.6 Å². The van der Waals surface area contributed by atoms with E-state index < -0.39 is 11.4 Å². The van der Waals surface area contributed by atoms with Crippen LogP contribution in [0.25, 0.3) is 10.9 Å². The average Bonchev–Trinajstić information content (AvgIpc) is 2.59. The molecule has 0 unspecified atom stereocenters. The van der Waals surface area contributed by atoms with E-state index in [9.17, 15) is 9.59 Å². The third-order valence-corrected chi connectivity index (χ3v) is 4.19. The lowest BCUT2D eigenvalue weighted by molar-refractivity contribution is 0.299. The van der Waals surface area contributed by atoms with Gasteiger partial charge in [0.15, 0.2) is 0 Å². The van der Waals surface area contributed by atoms with Crippen molar-refractivity contribution in [1.29, 1.82) is 0 Å². The van der Waals surface area contributed by atoms with Crippen LogP contribution in [0.5, 0.6) is 5.75 Å². The van der Waals surface area contributed by atoms with E-state index in [4.69, 9.17) is 9.15 Å². The normalized spacial score (nSPS) is 11.0. The van der Waals surface area contributed by atoms with Gasteiger partial charge in [-0.05, 0) is 50.5 Å². The topological polar surface area (TPSA) is 61.4 Å². The third-order valence-electron chi connectivity index (χ3n) is 4.19. The van der Waals surface area contributed by atoms with Gasteiger partial charge in [-0.2, -0.15) is 0 Å². The number of aryl methyl sites for hydroxylation is 3. The second-order valence-electron chi connectivity index (χ2n) is 6.15. The third kappa shape index (κ3) is 3.82. The lowest BCUT2D eigenvalue weighted by Crippen LogP contribution is -2.25. The summed E-state index contributed by atoms with van der Waals surface area (Å²) >= 11 is 0. The summed E-state index contributed by atoms with van der Waals surface area (Å²) in [6.45, 7) is 4.97. The Morgan fingerprint density at radius 3 is 2.64 bits per heavy atom. The van der Waals surface area contributed by atoms with Crippen LogP contribution < -0.4 is 16.1 Å². The van der Waals surface area contributed by atoms with Crippen LogP contribution in [0.3, 0.4) is 0 Å². The van der Waals surface area contributed by atoms with Crippen molar-refractivity contribution in [3.8, 4) is 5.75 Å². The number of unbranched alkanes of at least 4 members (excludes halogenated alkanes) is 1. The zero-order valence-corrected chi connectivity index (χ0v) is 14.5. The number of hydrogen-bond acceptors (Lipinski definition) is 4. The van der Waals surface area contributed by atoms with Crippen LogP contribution in [0.1, 0.15) is 24.0 Å². The summed E-state index contributed by atoms with van der Waals surface area (Å²) in [5.74, 6) is 0.271. The summed E-state index contributed by atoms with van der Waals surface area (Å²) in [5, 5.41) is 0.441. The Kier molecular flexibility index (Phi) is 5.03. The Hall–Kier alpha value is -2.82. The van der Waals surface area contributed by atoms with Crippen LogP contribution in [0.4, 0.5) is 0 Å². The van der Waals surface area contributed by atoms with Crippen molar-refractivity contribution in [2.24, 2.45) is 0 Å². The molecule has 0 amide bonds. The van der Waals surface area contributed by atoms with E-state index in [1.807, 2.05) is 44.2 Å². The van der Waals surface area contributed by atoms with Crippen LogP contribution >= 0.6 is 0 Å². The maximum atomic E-state index is 12.0. The maximum Gasteiger partial charge on any atom is 0.422 e. The van der Waals surface area contributed by atoms with Crippen molar-refractivity contribution in [2.45, 2.75) is 33.2 Å². The number of para-hydroxylation sites is 1. The summed E-state index contributed by atoms with van der Waals surface area (Å²) in [7, 11) is 0. The fourth-order valence-electron chi connectivity index (χ4n) is 2.82. The van der Waals surface area contributed by atoms with Gasteiger partial charge in [0, 0.05) is 6.54 Å². The smallest absolute Gasteiger partial charge is 0.422 e. The molecule has 0 aliphatic carbocycles. The first-order chi connectivity index (χ1) is 12.1. The van der Waals surface area contributed by atoms with Gasteiger partial charge in [-0.3, -0.25) is 4.57 Å². The van der Waals surface area contributed by atoms with Gasteiger partial charge < -0.3 is 9.15 Å². The minimum absolute atomic E-state index is 0.441. The molecule has 0 fully saturated rings. The number of nitrogens with zero attached hydrogens (tertiary/aromatic N) is 1. The number of aromatic nitrogens is 1. The van der Waals surface area contributed by atoms with Gasteiger partial charge in [-0.25, -0.2) is 9.59 Å². The Morgan fingerprint density at radius 2 is 1.84 bits per heavy atom. The van der Waals surface area contributed by atoms with Gasteiger partial charge in [0.2, 0.25) is 0 Å². The monoisotopic (exact) mass is 339 g/mol. The zero-order chi connectivity index (χ0) is 17.8. The molecule has 130 valence electrons. The molecule has 5 nitrogen and oxygen atoms in total. The SMILES string of the molecule is Cc1ccc2c(c1)c(=O)oc(=O)n2CCCCOc1ccccc1C. The molecule has 2 aromatic carbocycles. The van der Waals surface area contributed by atoms with E-state index in [1.165, 1.54) is 4.57 Å². The van der Waals surface area contributed by atoms with Crippen LogP contribution in [0.15, 0.2) is 56.5 Å². The average molecular weight is 339 g/mol. The molecular weight excluding hydrogens is 318 g/mol. The molecule has 3 aromatic rings. The highest BCUT2D eigenvalue weighted by Crippen LogP contribution is 2.16. The number of ether oxygens (including phenoxy) is 1. The van der Waals surface area contributed by atoms with E-state index >= 15 is 0 Å². The van der Waals surface area contributed by atoms with Crippen molar-refractivity contribution in [2.75, 3.05) is 6.61 Å². The molecule has 0 saturated carbocycles. The van der Waals surface area contributed by atoms with Crippen LogP contribution in [0.2, 0.25) is 0 Å². The van der Waals surface area contributed by atoms with E-state index in [0.717, 1.165) is 29.7 Å². The largest absolute Gasteiger partial charge is 0.493 e. The molecule has 3 rings (SSSR count). The van der Waals surface area contributed by atoms with E-state index in [1.54, 1.807) is 12.1 Å². The molecule has 0 radical (unpaired) electrons. The van der Waals surface area contributed by atoms with Crippen LogP contribution in [-0.2, 0) is 6.54 Å². The van der Waals surface area contributed by atoms with E-state index in [0.29, 0.717) is 24.1 Å². The first-order valence-corrected chi connectivity index (χ1v) is 8.39. The van der Waals surface area contributed by atoms with Gasteiger partial charge in [0.25, 0.3) is 0 Å². The minimum Gasteiger partial charge on any atom is -0.493 e. The lowest BCUT2D eigenvalue weighted by Gasteiger charge is -2.10. The highest BCUT2D eigenvalue weighted by Gasteiger charge is 2.09. The number of benzene rings is 2. The van der Waals surface area contributed by atoms with Crippen molar-refractivity contribution >= 4 is 10.9 Å². The van der Waals surface area contributed by atoms with E-state index in [2.05, 4.69) is 0 Å². The molecule has 0 N–H and O–H groups in total. The standard InChI is InChI=1S/C20H21NO4/c1-14-9-10-17-16(13-14)19(22)25-20(23)21(17)11-5-6-12-24-18-8-4-3-7-15(18)2/h3-4,7-10,13H,5-6,11-12H2,1-2H3. The number of hydrogen-bond donors (Lipinski definition) is 0. The van der Waals surface area contributed by atoms with Crippen molar-refractivity contribution in [3.63, 3.8) is 0 Å². The van der Waals surface area contributed by atoms with Gasteiger partial charge >= 0.3 is 11.4 Å². The Labute approximate surface area is 145 Å². The van der Waals surface area contributed by atoms with Crippen molar-refractivity contribution < 1.29 is 9.15 Å². The first-order valence-electron chi connectivity index (χ1n) is 8.39. The fraction of sp³-hybridized carbons (Fsp3) is 0.300. The van der Waals surface area contributed by atoms with Gasteiger partial charge in [-0.1, -0.05) is 29.8 Å². The molecule has 0 atom stereocenters. The molecular formula is C20H21NO4. The fourth-order valence-corrected chi connectivity index (χ4v) is 2.82. The molecule has 0 spiro atoms. The predicted octanol–water partition coefficient (Wildman–Crippen LogP) is 3.43. The van der Waals surface area contributed by atoms with Crippen molar-refractivity contribution in [1.82, 2.24) is 4.57 Å². The van der Waals surface area contributed by atoms with E-state index in [-0.39, 0.29) is 0 Å². The molecule has 0 bridgehead atoms. The first kappa shape index (κ1) is 17.0. The Balaban J connectivity index is 1.67. The molecule has 1 heterocycles. The minimum atomic E-state index is -0.610. The Morgan fingerprint density at radius 1 is 1.04 bits per heavy atom. The number of rotatable bonds is 6. The summed E-state index contributed by atoms with van der Waals surface area (Å²) in [6, 6.07) is 13.3.